The molecule has 0 aromatic rings. The van der Waals surface area contributed by atoms with Crippen molar-refractivity contribution < 1.29 is 4.79 Å². The molecule has 1 amide bonds. The molecule has 0 radical (unpaired) electrons. The van der Waals surface area contributed by atoms with Gasteiger partial charge in [-0.2, -0.15) is 0 Å². The summed E-state index contributed by atoms with van der Waals surface area (Å²) in [7, 11) is 1.63. The fourth-order valence-corrected chi connectivity index (χ4v) is 0.434. The van der Waals surface area contributed by atoms with Gasteiger partial charge in [0, 0.05) is 12.6 Å². The van der Waals surface area contributed by atoms with Crippen LogP contribution in [0, 0.1) is 0 Å². The van der Waals surface area contributed by atoms with Crippen molar-refractivity contribution in [1.29, 1.82) is 0 Å². The summed E-state index contributed by atoms with van der Waals surface area (Å²) in [4.78, 5) is 10.7. The summed E-state index contributed by atoms with van der Waals surface area (Å²) in [6, 6.07) is 0. The van der Waals surface area contributed by atoms with Crippen molar-refractivity contribution in [3.05, 3.63) is 0 Å². The first-order valence-corrected chi connectivity index (χ1v) is 3.41. The molecular formula is C7H16N2O. The SMILES string of the molecule is CNC(=O)CNC(C)(C)C. The molecule has 3 nitrogen and oxygen atoms in total. The van der Waals surface area contributed by atoms with Crippen LogP contribution in [0.25, 0.3) is 0 Å². The maximum atomic E-state index is 10.7. The Balaban J connectivity index is 3.46. The number of carbonyl (C=O) groups excluding carboxylic acids is 1. The number of hydrogen-bond acceptors (Lipinski definition) is 2. The summed E-state index contributed by atoms with van der Waals surface area (Å²) < 4.78 is 0. The summed E-state index contributed by atoms with van der Waals surface area (Å²) in [6.45, 7) is 6.46. The Hall–Kier alpha value is -0.570. The molecule has 0 atom stereocenters. The molecule has 0 saturated heterocycles. The van der Waals surface area contributed by atoms with Crippen molar-refractivity contribution in [3.8, 4) is 0 Å². The lowest BCUT2D eigenvalue weighted by Crippen LogP contribution is -2.42. The van der Waals surface area contributed by atoms with Crippen LogP contribution in [0.4, 0.5) is 0 Å². The van der Waals surface area contributed by atoms with E-state index in [4.69, 9.17) is 0 Å². The first kappa shape index (κ1) is 9.43. The van der Waals surface area contributed by atoms with Gasteiger partial charge in [0.05, 0.1) is 6.54 Å². The molecule has 0 aromatic heterocycles. The molecule has 10 heavy (non-hydrogen) atoms. The Bertz CT molecular complexity index is 115. The average Bonchev–Trinajstić information content (AvgIpc) is 1.81. The van der Waals surface area contributed by atoms with E-state index in [1.807, 2.05) is 20.8 Å². The van der Waals surface area contributed by atoms with Crippen molar-refractivity contribution in [3.63, 3.8) is 0 Å². The highest BCUT2D eigenvalue weighted by Gasteiger charge is 2.09. The first-order valence-electron chi connectivity index (χ1n) is 3.41. The van der Waals surface area contributed by atoms with Gasteiger partial charge in [-0.05, 0) is 20.8 Å². The summed E-state index contributed by atoms with van der Waals surface area (Å²) in [6.07, 6.45) is 0. The van der Waals surface area contributed by atoms with E-state index in [0.29, 0.717) is 6.54 Å². The molecule has 0 saturated carbocycles. The van der Waals surface area contributed by atoms with Gasteiger partial charge in [0.1, 0.15) is 0 Å². The van der Waals surface area contributed by atoms with Gasteiger partial charge in [-0.15, -0.1) is 0 Å². The van der Waals surface area contributed by atoms with Gasteiger partial charge in [0.15, 0.2) is 0 Å². The Labute approximate surface area is 62.2 Å². The lowest BCUT2D eigenvalue weighted by atomic mass is 10.1. The van der Waals surface area contributed by atoms with E-state index in [0.717, 1.165) is 0 Å². The molecule has 0 unspecified atom stereocenters. The minimum atomic E-state index is 0.0203. The minimum Gasteiger partial charge on any atom is -0.358 e. The predicted molar refractivity (Wildman–Crippen MR) is 41.8 cm³/mol. The van der Waals surface area contributed by atoms with Gasteiger partial charge in [0.2, 0.25) is 5.91 Å². The molecule has 60 valence electrons. The Morgan fingerprint density at radius 2 is 1.90 bits per heavy atom. The highest BCUT2D eigenvalue weighted by molar-refractivity contribution is 5.77. The molecule has 0 rings (SSSR count). The second-order valence-electron chi connectivity index (χ2n) is 3.28. The normalized spacial score (nSPS) is 11.2. The maximum Gasteiger partial charge on any atom is 0.233 e. The van der Waals surface area contributed by atoms with Crippen LogP contribution in [0.3, 0.4) is 0 Å². The number of rotatable bonds is 2. The lowest BCUT2D eigenvalue weighted by Gasteiger charge is -2.19. The smallest absolute Gasteiger partial charge is 0.233 e. The highest BCUT2D eigenvalue weighted by Crippen LogP contribution is 1.96. The van der Waals surface area contributed by atoms with Crippen LogP contribution >= 0.6 is 0 Å². The number of hydrogen-bond donors (Lipinski definition) is 2. The van der Waals surface area contributed by atoms with Crippen LogP contribution < -0.4 is 10.6 Å². The second-order valence-corrected chi connectivity index (χ2v) is 3.28. The fourth-order valence-electron chi connectivity index (χ4n) is 0.434. The van der Waals surface area contributed by atoms with E-state index in [1.54, 1.807) is 7.05 Å². The van der Waals surface area contributed by atoms with Crippen molar-refractivity contribution in [1.82, 2.24) is 10.6 Å². The third-order valence-electron chi connectivity index (χ3n) is 1.06. The van der Waals surface area contributed by atoms with Crippen molar-refractivity contribution in [2.75, 3.05) is 13.6 Å². The van der Waals surface area contributed by atoms with Crippen LogP contribution in [0.1, 0.15) is 20.8 Å². The molecular weight excluding hydrogens is 128 g/mol. The molecule has 2 N–H and O–H groups in total. The third-order valence-corrected chi connectivity index (χ3v) is 1.06. The number of likely N-dealkylation sites (N-methyl/N-ethyl adjacent to an activating group) is 1. The number of nitrogens with one attached hydrogen (secondary N) is 2. The standard InChI is InChI=1S/C7H16N2O/c1-7(2,3)9-5-6(10)8-4/h9H,5H2,1-4H3,(H,8,10). The van der Waals surface area contributed by atoms with E-state index < -0.39 is 0 Å². The Morgan fingerprint density at radius 1 is 1.40 bits per heavy atom. The van der Waals surface area contributed by atoms with Gasteiger partial charge < -0.3 is 10.6 Å². The zero-order valence-electron chi connectivity index (χ0n) is 7.12. The maximum absolute atomic E-state index is 10.7. The monoisotopic (exact) mass is 144 g/mol. The molecule has 0 aliphatic heterocycles. The molecule has 0 aromatic carbocycles. The van der Waals surface area contributed by atoms with Crippen LogP contribution in [-0.2, 0) is 4.79 Å². The van der Waals surface area contributed by atoms with Gasteiger partial charge in [-0.3, -0.25) is 4.79 Å². The van der Waals surface area contributed by atoms with Crippen LogP contribution in [0.2, 0.25) is 0 Å². The van der Waals surface area contributed by atoms with Crippen LogP contribution in [-0.4, -0.2) is 25.0 Å². The summed E-state index contributed by atoms with van der Waals surface area (Å²) in [5, 5.41) is 5.60. The fraction of sp³-hybridized carbons (Fsp3) is 0.857. The molecule has 0 aliphatic rings. The van der Waals surface area contributed by atoms with E-state index >= 15 is 0 Å². The van der Waals surface area contributed by atoms with Crippen molar-refractivity contribution in [2.24, 2.45) is 0 Å². The van der Waals surface area contributed by atoms with E-state index in [-0.39, 0.29) is 11.4 Å². The molecule has 0 fully saturated rings. The van der Waals surface area contributed by atoms with Gasteiger partial charge in [-0.25, -0.2) is 0 Å². The van der Waals surface area contributed by atoms with E-state index in [2.05, 4.69) is 10.6 Å². The number of carbonyl (C=O) groups is 1. The molecule has 3 heteroatoms. The van der Waals surface area contributed by atoms with Gasteiger partial charge in [-0.1, -0.05) is 0 Å². The van der Waals surface area contributed by atoms with Gasteiger partial charge in [0.25, 0.3) is 0 Å². The largest absolute Gasteiger partial charge is 0.358 e. The zero-order valence-corrected chi connectivity index (χ0v) is 7.12. The van der Waals surface area contributed by atoms with Crippen LogP contribution in [0.5, 0.6) is 0 Å². The van der Waals surface area contributed by atoms with Crippen molar-refractivity contribution >= 4 is 5.91 Å². The van der Waals surface area contributed by atoms with E-state index in [1.165, 1.54) is 0 Å². The third kappa shape index (κ3) is 5.56. The summed E-state index contributed by atoms with van der Waals surface area (Å²) in [5.41, 5.74) is 0.0203. The number of amides is 1. The molecule has 0 bridgehead atoms. The Morgan fingerprint density at radius 3 is 2.20 bits per heavy atom. The molecule has 0 aliphatic carbocycles. The predicted octanol–water partition coefficient (Wildman–Crippen LogP) is 0.120. The van der Waals surface area contributed by atoms with Crippen molar-refractivity contribution in [2.45, 2.75) is 26.3 Å². The van der Waals surface area contributed by atoms with E-state index in [9.17, 15) is 4.79 Å². The summed E-state index contributed by atoms with van der Waals surface area (Å²) >= 11 is 0. The molecule has 0 spiro atoms. The molecule has 0 heterocycles. The first-order chi connectivity index (χ1) is 4.45. The zero-order chi connectivity index (χ0) is 8.20. The minimum absolute atomic E-state index is 0.0203. The van der Waals surface area contributed by atoms with Gasteiger partial charge >= 0.3 is 0 Å². The lowest BCUT2D eigenvalue weighted by molar-refractivity contribution is -0.120. The highest BCUT2D eigenvalue weighted by atomic mass is 16.1. The van der Waals surface area contributed by atoms with Crippen LogP contribution in [0.15, 0.2) is 0 Å². The Kier molecular flexibility index (Phi) is 3.36. The average molecular weight is 144 g/mol. The topological polar surface area (TPSA) is 41.1 Å². The second kappa shape index (κ2) is 3.56. The quantitative estimate of drug-likeness (QED) is 0.578. The summed E-state index contributed by atoms with van der Waals surface area (Å²) in [5.74, 6) is 0.0231.